The van der Waals surface area contributed by atoms with Gasteiger partial charge in [-0.1, -0.05) is 0 Å². The summed E-state index contributed by atoms with van der Waals surface area (Å²) in [6, 6.07) is 1.60. The Kier molecular flexibility index (Phi) is 3.80. The number of carbonyl (C=O) groups is 1. The lowest BCUT2D eigenvalue weighted by Gasteiger charge is -2.34. The average molecular weight is 322 g/mol. The molecule has 1 unspecified atom stereocenters. The molecule has 2 aromatic heterocycles. The highest BCUT2D eigenvalue weighted by molar-refractivity contribution is 7.17. The van der Waals surface area contributed by atoms with Gasteiger partial charge in [-0.3, -0.25) is 10.1 Å². The van der Waals surface area contributed by atoms with E-state index in [9.17, 15) is 14.9 Å². The summed E-state index contributed by atoms with van der Waals surface area (Å²) in [6.07, 6.45) is 1.71. The van der Waals surface area contributed by atoms with Gasteiger partial charge in [-0.2, -0.15) is 0 Å². The summed E-state index contributed by atoms with van der Waals surface area (Å²) in [6.45, 7) is 1.08. The minimum atomic E-state index is -1.07. The normalized spacial score (nSPS) is 18.4. The molecule has 0 spiro atoms. The fraction of sp³-hybridized carbons (Fsp3) is 0.385. The topological polar surface area (TPSA) is 109 Å². The summed E-state index contributed by atoms with van der Waals surface area (Å²) in [5.74, 6) is 0. The Labute approximate surface area is 129 Å². The Morgan fingerprint density at radius 1 is 1.59 bits per heavy atom. The summed E-state index contributed by atoms with van der Waals surface area (Å²) >= 11 is 1.41. The van der Waals surface area contributed by atoms with Crippen molar-refractivity contribution in [1.82, 2.24) is 10.3 Å². The quantitative estimate of drug-likeness (QED) is 0.663. The summed E-state index contributed by atoms with van der Waals surface area (Å²) in [5, 5.41) is 24.5. The molecule has 116 valence electrons. The molecule has 1 atom stereocenters. The molecule has 1 fully saturated rings. The molecule has 8 nitrogen and oxygen atoms in total. The number of nitro groups is 1. The molecular formula is C13H14N4O4S. The number of amides is 1. The number of rotatable bonds is 3. The van der Waals surface area contributed by atoms with Crippen LogP contribution in [0.4, 0.5) is 16.2 Å². The fourth-order valence-electron chi connectivity index (χ4n) is 2.80. The molecule has 0 bridgehead atoms. The first kappa shape index (κ1) is 14.5. The maximum Gasteiger partial charge on any atom is 0.404 e. The molecule has 22 heavy (non-hydrogen) atoms. The van der Waals surface area contributed by atoms with Gasteiger partial charge in [-0.15, -0.1) is 11.3 Å². The first-order valence-corrected chi connectivity index (χ1v) is 7.69. The van der Waals surface area contributed by atoms with Crippen LogP contribution in [0.25, 0.3) is 10.2 Å². The number of hydrogen-bond acceptors (Lipinski definition) is 6. The van der Waals surface area contributed by atoms with E-state index in [-0.39, 0.29) is 11.7 Å². The number of pyridine rings is 1. The minimum Gasteiger partial charge on any atom is -0.465 e. The zero-order valence-corrected chi connectivity index (χ0v) is 12.4. The van der Waals surface area contributed by atoms with Crippen molar-refractivity contribution in [3.8, 4) is 0 Å². The van der Waals surface area contributed by atoms with Crippen LogP contribution in [0.2, 0.25) is 0 Å². The number of nitrogens with one attached hydrogen (secondary N) is 1. The van der Waals surface area contributed by atoms with Crippen molar-refractivity contribution in [2.45, 2.75) is 18.9 Å². The zero-order valence-electron chi connectivity index (χ0n) is 11.6. The third kappa shape index (κ3) is 2.67. The van der Waals surface area contributed by atoms with Crippen molar-refractivity contribution in [2.75, 3.05) is 18.0 Å². The summed E-state index contributed by atoms with van der Waals surface area (Å²) < 4.78 is 0.769. The van der Waals surface area contributed by atoms with Gasteiger partial charge < -0.3 is 15.3 Å². The van der Waals surface area contributed by atoms with E-state index in [1.807, 2.05) is 16.3 Å². The molecule has 1 amide bonds. The van der Waals surface area contributed by atoms with Crippen molar-refractivity contribution in [3.05, 3.63) is 27.8 Å². The highest BCUT2D eigenvalue weighted by Crippen LogP contribution is 2.38. The molecule has 0 radical (unpaired) electrons. The summed E-state index contributed by atoms with van der Waals surface area (Å²) in [4.78, 5) is 27.7. The number of anilines is 1. The van der Waals surface area contributed by atoms with Crippen LogP contribution in [-0.4, -0.2) is 40.2 Å². The molecule has 1 aliphatic heterocycles. The standard InChI is InChI=1S/C13H14N4O4S/c18-13(19)15-8-2-1-4-16(7-8)11-10(17(20)21)6-14-9-3-5-22-12(9)11/h3,5-6,8,15H,1-2,4,7H2,(H,18,19). The van der Waals surface area contributed by atoms with Crippen LogP contribution in [0.5, 0.6) is 0 Å². The molecule has 0 aliphatic carbocycles. The lowest BCUT2D eigenvalue weighted by molar-refractivity contribution is -0.384. The highest BCUT2D eigenvalue weighted by atomic mass is 32.1. The highest BCUT2D eigenvalue weighted by Gasteiger charge is 2.29. The number of carboxylic acid groups (broad SMARTS) is 1. The van der Waals surface area contributed by atoms with Crippen LogP contribution in [0.3, 0.4) is 0 Å². The predicted molar refractivity (Wildman–Crippen MR) is 82.7 cm³/mol. The largest absolute Gasteiger partial charge is 0.465 e. The van der Waals surface area contributed by atoms with Crippen LogP contribution in [0.15, 0.2) is 17.6 Å². The van der Waals surface area contributed by atoms with Gasteiger partial charge in [-0.25, -0.2) is 9.78 Å². The van der Waals surface area contributed by atoms with Gasteiger partial charge in [0.15, 0.2) is 0 Å². The number of hydrogen-bond donors (Lipinski definition) is 2. The van der Waals surface area contributed by atoms with Gasteiger partial charge in [0, 0.05) is 19.1 Å². The van der Waals surface area contributed by atoms with E-state index < -0.39 is 11.0 Å². The van der Waals surface area contributed by atoms with E-state index in [1.54, 1.807) is 0 Å². The number of aromatic nitrogens is 1. The zero-order chi connectivity index (χ0) is 15.7. The number of piperidine rings is 1. The van der Waals surface area contributed by atoms with Gasteiger partial charge in [-0.05, 0) is 24.3 Å². The first-order valence-electron chi connectivity index (χ1n) is 6.81. The summed E-state index contributed by atoms with van der Waals surface area (Å²) in [5.41, 5.74) is 1.23. The van der Waals surface area contributed by atoms with Crippen LogP contribution in [0, 0.1) is 10.1 Å². The maximum absolute atomic E-state index is 11.3. The van der Waals surface area contributed by atoms with Crippen LogP contribution in [0.1, 0.15) is 12.8 Å². The van der Waals surface area contributed by atoms with E-state index in [0.29, 0.717) is 18.8 Å². The van der Waals surface area contributed by atoms with Crippen molar-refractivity contribution < 1.29 is 14.8 Å². The van der Waals surface area contributed by atoms with Crippen molar-refractivity contribution >= 4 is 39.0 Å². The first-order chi connectivity index (χ1) is 10.6. The maximum atomic E-state index is 11.3. The van der Waals surface area contributed by atoms with Crippen LogP contribution in [-0.2, 0) is 0 Å². The Balaban J connectivity index is 2.00. The van der Waals surface area contributed by atoms with Crippen molar-refractivity contribution in [2.24, 2.45) is 0 Å². The number of fused-ring (bicyclic) bond motifs is 1. The van der Waals surface area contributed by atoms with E-state index in [0.717, 1.165) is 23.1 Å². The van der Waals surface area contributed by atoms with Crippen LogP contribution < -0.4 is 10.2 Å². The molecule has 9 heteroatoms. The second-order valence-electron chi connectivity index (χ2n) is 5.12. The second kappa shape index (κ2) is 5.76. The smallest absolute Gasteiger partial charge is 0.404 e. The van der Waals surface area contributed by atoms with E-state index in [4.69, 9.17) is 5.11 Å². The van der Waals surface area contributed by atoms with Gasteiger partial charge in [0.25, 0.3) is 0 Å². The Hall–Kier alpha value is -2.42. The lowest BCUT2D eigenvalue weighted by Crippen LogP contribution is -2.47. The minimum absolute atomic E-state index is 0.0362. The van der Waals surface area contributed by atoms with Crippen LogP contribution >= 0.6 is 11.3 Å². The molecular weight excluding hydrogens is 308 g/mol. The van der Waals surface area contributed by atoms with E-state index >= 15 is 0 Å². The van der Waals surface area contributed by atoms with Gasteiger partial charge in [0.2, 0.25) is 0 Å². The van der Waals surface area contributed by atoms with E-state index in [2.05, 4.69) is 10.3 Å². The average Bonchev–Trinajstić information content (AvgIpc) is 2.93. The van der Waals surface area contributed by atoms with Gasteiger partial charge in [0.1, 0.15) is 11.9 Å². The molecule has 1 aliphatic rings. The van der Waals surface area contributed by atoms with Gasteiger partial charge >= 0.3 is 11.8 Å². The monoisotopic (exact) mass is 322 g/mol. The fourth-order valence-corrected chi connectivity index (χ4v) is 3.72. The SMILES string of the molecule is O=C(O)NC1CCCN(c2c([N+](=O)[O-])cnc3ccsc23)C1. The molecule has 1 saturated heterocycles. The molecule has 3 heterocycles. The molecule has 2 aromatic rings. The predicted octanol–water partition coefficient (Wildman–Crippen LogP) is 2.44. The van der Waals surface area contributed by atoms with Crippen molar-refractivity contribution in [3.63, 3.8) is 0 Å². The van der Waals surface area contributed by atoms with Crippen molar-refractivity contribution in [1.29, 1.82) is 0 Å². The Morgan fingerprint density at radius 3 is 3.14 bits per heavy atom. The third-order valence-corrected chi connectivity index (χ3v) is 4.60. The number of nitrogens with zero attached hydrogens (tertiary/aromatic N) is 3. The second-order valence-corrected chi connectivity index (χ2v) is 6.03. The van der Waals surface area contributed by atoms with Gasteiger partial charge in [0.05, 0.1) is 15.1 Å². The Bertz CT molecular complexity index is 732. The molecule has 0 aromatic carbocycles. The Morgan fingerprint density at radius 2 is 2.41 bits per heavy atom. The lowest BCUT2D eigenvalue weighted by atomic mass is 10.0. The molecule has 0 saturated carbocycles. The summed E-state index contributed by atoms with van der Waals surface area (Å²) in [7, 11) is 0. The number of thiophene rings is 1. The third-order valence-electron chi connectivity index (χ3n) is 3.69. The van der Waals surface area contributed by atoms with E-state index in [1.165, 1.54) is 17.5 Å². The molecule has 3 rings (SSSR count). The molecule has 2 N–H and O–H groups in total.